The van der Waals surface area contributed by atoms with Crippen LogP contribution in [0.4, 0.5) is 10.1 Å². The lowest BCUT2D eigenvalue weighted by atomic mass is 9.94. The first kappa shape index (κ1) is 22.7. The minimum Gasteiger partial charge on any atom is -0.490 e. The summed E-state index contributed by atoms with van der Waals surface area (Å²) in [6.07, 6.45) is 1.04. The summed E-state index contributed by atoms with van der Waals surface area (Å²) in [6.45, 7) is 0.237. The Morgan fingerprint density at radius 1 is 1.15 bits per heavy atom. The molecule has 174 valence electrons. The van der Waals surface area contributed by atoms with Gasteiger partial charge in [0.25, 0.3) is 11.8 Å². The number of fused-ring (bicyclic) bond motifs is 2. The van der Waals surface area contributed by atoms with Gasteiger partial charge in [-0.05, 0) is 55.3 Å². The fourth-order valence-electron chi connectivity index (χ4n) is 4.22. The zero-order chi connectivity index (χ0) is 23.5. The highest BCUT2D eigenvalue weighted by atomic mass is 19.1. The molecule has 33 heavy (non-hydrogen) atoms. The van der Waals surface area contributed by atoms with Gasteiger partial charge >= 0.3 is 0 Å². The number of carbonyl (C=O) groups is 3. The number of benzene rings is 2. The molecule has 3 atom stereocenters. The fraction of sp³-hybridized carbons (Fsp3) is 0.375. The highest BCUT2D eigenvalue weighted by Gasteiger charge is 2.39. The van der Waals surface area contributed by atoms with E-state index in [-0.39, 0.29) is 43.1 Å². The molecule has 2 aromatic carbocycles. The third-order valence-corrected chi connectivity index (χ3v) is 6.07. The lowest BCUT2D eigenvalue weighted by Crippen LogP contribution is -2.53. The first-order chi connectivity index (χ1) is 15.9. The predicted molar refractivity (Wildman–Crippen MR) is 119 cm³/mol. The van der Waals surface area contributed by atoms with Crippen LogP contribution in [0, 0.1) is 5.82 Å². The van der Waals surface area contributed by atoms with Gasteiger partial charge in [-0.2, -0.15) is 0 Å². The molecule has 0 bridgehead atoms. The van der Waals surface area contributed by atoms with Crippen LogP contribution in [-0.4, -0.2) is 61.6 Å². The van der Waals surface area contributed by atoms with Crippen molar-refractivity contribution in [2.45, 2.75) is 37.5 Å². The van der Waals surface area contributed by atoms with Crippen molar-refractivity contribution < 1.29 is 28.2 Å². The molecule has 0 spiro atoms. The average Bonchev–Trinajstić information content (AvgIpc) is 2.82. The lowest BCUT2D eigenvalue weighted by molar-refractivity contribution is -0.133. The Labute approximate surface area is 191 Å². The SMILES string of the molecule is CNC(=O)C[C@H]1CC[C@H]2[C@H](COc3ccc(NC(=O)c4ccc(F)cc4)cc3C(=O)N2C)O1. The number of halogens is 1. The maximum absolute atomic E-state index is 13.3. The first-order valence-electron chi connectivity index (χ1n) is 10.8. The largest absolute Gasteiger partial charge is 0.490 e. The van der Waals surface area contributed by atoms with E-state index in [2.05, 4.69) is 10.6 Å². The molecule has 0 unspecified atom stereocenters. The summed E-state index contributed by atoms with van der Waals surface area (Å²) >= 11 is 0. The molecule has 0 saturated carbocycles. The molecular weight excluding hydrogens is 429 g/mol. The lowest BCUT2D eigenvalue weighted by Gasteiger charge is -2.42. The molecule has 8 nitrogen and oxygen atoms in total. The van der Waals surface area contributed by atoms with Crippen molar-refractivity contribution in [2.24, 2.45) is 0 Å². The second-order valence-electron chi connectivity index (χ2n) is 8.22. The molecule has 2 aliphatic rings. The molecule has 1 fully saturated rings. The van der Waals surface area contributed by atoms with Crippen LogP contribution in [0.1, 0.15) is 40.0 Å². The minimum absolute atomic E-state index is 0.0878. The van der Waals surface area contributed by atoms with Gasteiger partial charge in [-0.25, -0.2) is 4.39 Å². The first-order valence-corrected chi connectivity index (χ1v) is 10.8. The molecule has 4 rings (SSSR count). The van der Waals surface area contributed by atoms with Gasteiger partial charge in [0.05, 0.1) is 24.1 Å². The summed E-state index contributed by atoms with van der Waals surface area (Å²) in [6, 6.07) is 9.86. The fourth-order valence-corrected chi connectivity index (χ4v) is 4.22. The predicted octanol–water partition coefficient (Wildman–Crippen LogP) is 2.59. The van der Waals surface area contributed by atoms with Gasteiger partial charge in [-0.3, -0.25) is 14.4 Å². The standard InChI is InChI=1S/C24H26FN3O5/c1-26-22(29)12-17-8-9-19-21(33-17)13-32-20-10-7-16(11-18(20)24(31)28(19)2)27-23(30)14-3-5-15(25)6-4-14/h3-7,10-11,17,19,21H,8-9,12-13H2,1-2H3,(H,26,29)(H,27,30)/t17-,19+,21+/m1/s1. The summed E-state index contributed by atoms with van der Waals surface area (Å²) in [5.41, 5.74) is 1.06. The summed E-state index contributed by atoms with van der Waals surface area (Å²) in [7, 11) is 3.31. The van der Waals surface area contributed by atoms with E-state index in [1.807, 2.05) is 0 Å². The van der Waals surface area contributed by atoms with E-state index in [9.17, 15) is 18.8 Å². The smallest absolute Gasteiger partial charge is 0.257 e. The van der Waals surface area contributed by atoms with Crippen molar-refractivity contribution in [3.63, 3.8) is 0 Å². The zero-order valence-corrected chi connectivity index (χ0v) is 18.5. The number of likely N-dealkylation sites (N-methyl/N-ethyl adjacent to an activating group) is 1. The van der Waals surface area contributed by atoms with Crippen molar-refractivity contribution >= 4 is 23.4 Å². The number of carbonyl (C=O) groups excluding carboxylic acids is 3. The van der Waals surface area contributed by atoms with Crippen molar-refractivity contribution in [3.8, 4) is 5.75 Å². The van der Waals surface area contributed by atoms with E-state index >= 15 is 0 Å². The summed E-state index contributed by atoms with van der Waals surface area (Å²) in [5, 5.41) is 5.34. The highest BCUT2D eigenvalue weighted by molar-refractivity contribution is 6.05. The van der Waals surface area contributed by atoms with E-state index in [0.717, 1.165) is 0 Å². The Kier molecular flexibility index (Phi) is 6.60. The number of rotatable bonds is 4. The molecule has 2 heterocycles. The topological polar surface area (TPSA) is 97.0 Å². The van der Waals surface area contributed by atoms with Crippen LogP contribution >= 0.6 is 0 Å². The maximum Gasteiger partial charge on any atom is 0.257 e. The van der Waals surface area contributed by atoms with Crippen LogP contribution in [0.2, 0.25) is 0 Å². The summed E-state index contributed by atoms with van der Waals surface area (Å²) in [5.74, 6) is -0.781. The molecule has 0 aliphatic carbocycles. The minimum atomic E-state index is -0.427. The Morgan fingerprint density at radius 3 is 2.64 bits per heavy atom. The number of ether oxygens (including phenoxy) is 2. The highest BCUT2D eigenvalue weighted by Crippen LogP contribution is 2.32. The Hall–Kier alpha value is -3.46. The van der Waals surface area contributed by atoms with Crippen LogP contribution in [0.5, 0.6) is 5.75 Å². The number of anilines is 1. The van der Waals surface area contributed by atoms with E-state index in [0.29, 0.717) is 35.4 Å². The van der Waals surface area contributed by atoms with Crippen LogP contribution < -0.4 is 15.4 Å². The average molecular weight is 455 g/mol. The molecule has 3 amide bonds. The molecule has 1 saturated heterocycles. The van der Waals surface area contributed by atoms with Crippen LogP contribution in [0.15, 0.2) is 42.5 Å². The van der Waals surface area contributed by atoms with Gasteiger partial charge in [0.15, 0.2) is 0 Å². The van der Waals surface area contributed by atoms with Gasteiger partial charge in [-0.1, -0.05) is 0 Å². The summed E-state index contributed by atoms with van der Waals surface area (Å²) in [4.78, 5) is 39.1. The van der Waals surface area contributed by atoms with Crippen LogP contribution in [0.3, 0.4) is 0 Å². The van der Waals surface area contributed by atoms with Gasteiger partial charge in [0.1, 0.15) is 24.3 Å². The third kappa shape index (κ3) is 4.98. The zero-order valence-electron chi connectivity index (χ0n) is 18.5. The van der Waals surface area contributed by atoms with Gasteiger partial charge < -0.3 is 25.0 Å². The molecule has 2 N–H and O–H groups in total. The van der Waals surface area contributed by atoms with Gasteiger partial charge in [0, 0.05) is 25.3 Å². The van der Waals surface area contributed by atoms with E-state index < -0.39 is 11.7 Å². The molecule has 0 aromatic heterocycles. The molecule has 9 heteroatoms. The van der Waals surface area contributed by atoms with Crippen molar-refractivity contribution in [1.29, 1.82) is 0 Å². The van der Waals surface area contributed by atoms with E-state index in [1.54, 1.807) is 37.2 Å². The monoisotopic (exact) mass is 455 g/mol. The van der Waals surface area contributed by atoms with Crippen molar-refractivity contribution in [1.82, 2.24) is 10.2 Å². The Morgan fingerprint density at radius 2 is 1.91 bits per heavy atom. The van der Waals surface area contributed by atoms with E-state index in [4.69, 9.17) is 9.47 Å². The van der Waals surface area contributed by atoms with Crippen molar-refractivity contribution in [3.05, 3.63) is 59.4 Å². The Bertz CT molecular complexity index is 1060. The number of amides is 3. The number of hydrogen-bond acceptors (Lipinski definition) is 5. The number of nitrogens with zero attached hydrogens (tertiary/aromatic N) is 1. The number of nitrogens with one attached hydrogen (secondary N) is 2. The maximum atomic E-state index is 13.3. The van der Waals surface area contributed by atoms with Crippen molar-refractivity contribution in [2.75, 3.05) is 26.0 Å². The molecule has 0 radical (unpaired) electrons. The molecule has 2 aliphatic heterocycles. The van der Waals surface area contributed by atoms with Crippen LogP contribution in [-0.2, 0) is 9.53 Å². The summed E-state index contributed by atoms with van der Waals surface area (Å²) < 4.78 is 25.1. The number of hydrogen-bond donors (Lipinski definition) is 2. The Balaban J connectivity index is 1.51. The normalized spacial score (nSPS) is 22.2. The second-order valence-corrected chi connectivity index (χ2v) is 8.22. The quantitative estimate of drug-likeness (QED) is 0.739. The third-order valence-electron chi connectivity index (χ3n) is 6.07. The van der Waals surface area contributed by atoms with Gasteiger partial charge in [-0.15, -0.1) is 0 Å². The molecule has 2 aromatic rings. The van der Waals surface area contributed by atoms with Crippen LogP contribution in [0.25, 0.3) is 0 Å². The second kappa shape index (κ2) is 9.58. The van der Waals surface area contributed by atoms with E-state index in [1.165, 1.54) is 24.3 Å². The molecular formula is C24H26FN3O5. The van der Waals surface area contributed by atoms with Gasteiger partial charge in [0.2, 0.25) is 5.91 Å².